The number of carbonyl (C=O) groups is 1. The largest absolute Gasteiger partial charge is 0.465 e. The lowest BCUT2D eigenvalue weighted by Crippen LogP contribution is -2.43. The van der Waals surface area contributed by atoms with E-state index in [1.54, 1.807) is 0 Å². The fourth-order valence-electron chi connectivity index (χ4n) is 2.60. The summed E-state index contributed by atoms with van der Waals surface area (Å²) < 4.78 is 4.75. The number of hydrogen-bond acceptors (Lipinski definition) is 4. The molecule has 1 aliphatic heterocycles. The molecule has 0 unspecified atom stereocenters. The van der Waals surface area contributed by atoms with Crippen LogP contribution in [0.4, 0.5) is 5.69 Å². The zero-order valence-electron chi connectivity index (χ0n) is 11.6. The first-order valence-electron chi connectivity index (χ1n) is 6.86. The van der Waals surface area contributed by atoms with Gasteiger partial charge in [0.2, 0.25) is 0 Å². The van der Waals surface area contributed by atoms with Crippen molar-refractivity contribution in [2.45, 2.75) is 0 Å². The monoisotopic (exact) mass is 270 g/mol. The van der Waals surface area contributed by atoms with Crippen LogP contribution in [0, 0.1) is 0 Å². The van der Waals surface area contributed by atoms with Gasteiger partial charge in [-0.2, -0.15) is 0 Å². The van der Waals surface area contributed by atoms with Gasteiger partial charge in [0, 0.05) is 31.9 Å². The van der Waals surface area contributed by atoms with Gasteiger partial charge in [-0.15, -0.1) is 0 Å². The van der Waals surface area contributed by atoms with Gasteiger partial charge in [0.15, 0.2) is 0 Å². The predicted octanol–water partition coefficient (Wildman–Crippen LogP) is 2.04. The number of ether oxygens (including phenoxy) is 1. The zero-order chi connectivity index (χ0) is 13.9. The van der Waals surface area contributed by atoms with Gasteiger partial charge < -0.3 is 15.0 Å². The Morgan fingerprint density at radius 1 is 1.10 bits per heavy atom. The molecule has 0 aliphatic carbocycles. The quantitative estimate of drug-likeness (QED) is 0.848. The van der Waals surface area contributed by atoms with E-state index in [4.69, 9.17) is 4.74 Å². The normalized spacial score (nSPS) is 15.3. The molecule has 0 spiro atoms. The maximum atomic E-state index is 11.5. The van der Waals surface area contributed by atoms with E-state index in [0.717, 1.165) is 37.0 Å². The second-order valence-electron chi connectivity index (χ2n) is 4.97. The molecule has 1 saturated heterocycles. The van der Waals surface area contributed by atoms with Gasteiger partial charge in [-0.1, -0.05) is 12.1 Å². The lowest BCUT2D eigenvalue weighted by atomic mass is 10.1. The van der Waals surface area contributed by atoms with Crippen molar-refractivity contribution in [1.29, 1.82) is 0 Å². The minimum absolute atomic E-state index is 0.293. The third-order valence-electron chi connectivity index (χ3n) is 3.73. The SMILES string of the molecule is COC(=O)c1ccc2cc(N3CCNCC3)ccc2c1. The first-order valence-corrected chi connectivity index (χ1v) is 6.86. The van der Waals surface area contributed by atoms with Crippen LogP contribution >= 0.6 is 0 Å². The molecule has 1 aliphatic rings. The number of piperazine rings is 1. The van der Waals surface area contributed by atoms with Crippen LogP contribution < -0.4 is 10.2 Å². The van der Waals surface area contributed by atoms with Crippen LogP contribution in [-0.2, 0) is 4.74 Å². The van der Waals surface area contributed by atoms with Crippen LogP contribution in [0.5, 0.6) is 0 Å². The molecule has 104 valence electrons. The van der Waals surface area contributed by atoms with Crippen molar-refractivity contribution in [1.82, 2.24) is 5.32 Å². The maximum absolute atomic E-state index is 11.5. The van der Waals surface area contributed by atoms with Crippen LogP contribution in [0.15, 0.2) is 36.4 Å². The van der Waals surface area contributed by atoms with Crippen LogP contribution in [0.3, 0.4) is 0 Å². The van der Waals surface area contributed by atoms with Gasteiger partial charge in [-0.25, -0.2) is 4.79 Å². The van der Waals surface area contributed by atoms with Crippen molar-refractivity contribution in [2.75, 3.05) is 38.2 Å². The van der Waals surface area contributed by atoms with E-state index in [1.807, 2.05) is 18.2 Å². The summed E-state index contributed by atoms with van der Waals surface area (Å²) in [5.41, 5.74) is 1.83. The number of hydrogen-bond donors (Lipinski definition) is 1. The average Bonchev–Trinajstić information content (AvgIpc) is 2.54. The van der Waals surface area contributed by atoms with E-state index in [1.165, 1.54) is 12.8 Å². The van der Waals surface area contributed by atoms with E-state index in [-0.39, 0.29) is 5.97 Å². The molecular weight excluding hydrogens is 252 g/mol. The highest BCUT2D eigenvalue weighted by Gasteiger charge is 2.11. The molecule has 0 bridgehead atoms. The molecule has 4 heteroatoms. The Hall–Kier alpha value is -2.07. The van der Waals surface area contributed by atoms with Gasteiger partial charge in [0.25, 0.3) is 0 Å². The minimum Gasteiger partial charge on any atom is -0.465 e. The van der Waals surface area contributed by atoms with Gasteiger partial charge >= 0.3 is 5.97 Å². The number of carbonyl (C=O) groups excluding carboxylic acids is 1. The number of nitrogens with one attached hydrogen (secondary N) is 1. The summed E-state index contributed by atoms with van der Waals surface area (Å²) in [5, 5.41) is 5.56. The highest BCUT2D eigenvalue weighted by Crippen LogP contribution is 2.23. The molecule has 1 fully saturated rings. The van der Waals surface area contributed by atoms with Gasteiger partial charge in [0.05, 0.1) is 12.7 Å². The second kappa shape index (κ2) is 5.51. The summed E-state index contributed by atoms with van der Waals surface area (Å²) in [5.74, 6) is -0.293. The third-order valence-corrected chi connectivity index (χ3v) is 3.73. The molecule has 4 nitrogen and oxygen atoms in total. The number of esters is 1. The minimum atomic E-state index is -0.293. The fourth-order valence-corrected chi connectivity index (χ4v) is 2.60. The first kappa shape index (κ1) is 12.9. The topological polar surface area (TPSA) is 41.6 Å². The van der Waals surface area contributed by atoms with Crippen molar-refractivity contribution < 1.29 is 9.53 Å². The number of nitrogens with zero attached hydrogens (tertiary/aromatic N) is 1. The maximum Gasteiger partial charge on any atom is 0.337 e. The number of rotatable bonds is 2. The molecule has 0 aromatic heterocycles. The number of fused-ring (bicyclic) bond motifs is 1. The summed E-state index contributed by atoms with van der Waals surface area (Å²) in [4.78, 5) is 13.9. The molecule has 2 aromatic carbocycles. The summed E-state index contributed by atoms with van der Waals surface area (Å²) in [7, 11) is 1.40. The summed E-state index contributed by atoms with van der Waals surface area (Å²) in [6.07, 6.45) is 0. The summed E-state index contributed by atoms with van der Waals surface area (Å²) in [6, 6.07) is 12.0. The molecular formula is C16H18N2O2. The fraction of sp³-hybridized carbons (Fsp3) is 0.312. The first-order chi connectivity index (χ1) is 9.78. The standard InChI is InChI=1S/C16H18N2O2/c1-20-16(19)14-3-2-13-11-15(5-4-12(13)10-14)18-8-6-17-7-9-18/h2-5,10-11,17H,6-9H2,1H3. The van der Waals surface area contributed by atoms with Crippen molar-refractivity contribution >= 4 is 22.4 Å². The van der Waals surface area contributed by atoms with E-state index in [0.29, 0.717) is 5.56 Å². The zero-order valence-corrected chi connectivity index (χ0v) is 11.6. The summed E-state index contributed by atoms with van der Waals surface area (Å²) >= 11 is 0. The van der Waals surface area contributed by atoms with E-state index in [9.17, 15) is 4.79 Å². The van der Waals surface area contributed by atoms with Crippen molar-refractivity contribution in [3.05, 3.63) is 42.0 Å². The lowest BCUT2D eigenvalue weighted by Gasteiger charge is -2.29. The highest BCUT2D eigenvalue weighted by molar-refractivity contribution is 5.96. The molecule has 0 amide bonds. The Kier molecular flexibility index (Phi) is 3.56. The van der Waals surface area contributed by atoms with Gasteiger partial charge in [0.1, 0.15) is 0 Å². The molecule has 0 radical (unpaired) electrons. The van der Waals surface area contributed by atoms with Gasteiger partial charge in [-0.3, -0.25) is 0 Å². The van der Waals surface area contributed by atoms with Crippen LogP contribution in [0.1, 0.15) is 10.4 Å². The van der Waals surface area contributed by atoms with Crippen LogP contribution in [-0.4, -0.2) is 39.3 Å². The number of benzene rings is 2. The van der Waals surface area contributed by atoms with Crippen LogP contribution in [0.25, 0.3) is 10.8 Å². The van der Waals surface area contributed by atoms with Crippen molar-refractivity contribution in [3.63, 3.8) is 0 Å². The van der Waals surface area contributed by atoms with E-state index < -0.39 is 0 Å². The Bertz CT molecular complexity index is 633. The van der Waals surface area contributed by atoms with Crippen LogP contribution in [0.2, 0.25) is 0 Å². The second-order valence-corrected chi connectivity index (χ2v) is 4.97. The van der Waals surface area contributed by atoms with Gasteiger partial charge in [-0.05, 0) is 35.0 Å². The number of methoxy groups -OCH3 is 1. The summed E-state index contributed by atoms with van der Waals surface area (Å²) in [6.45, 7) is 4.12. The molecule has 3 rings (SSSR count). The molecule has 2 aromatic rings. The van der Waals surface area contributed by atoms with E-state index in [2.05, 4.69) is 28.4 Å². The smallest absolute Gasteiger partial charge is 0.337 e. The highest BCUT2D eigenvalue weighted by atomic mass is 16.5. The van der Waals surface area contributed by atoms with E-state index >= 15 is 0 Å². The Morgan fingerprint density at radius 2 is 1.80 bits per heavy atom. The number of anilines is 1. The van der Waals surface area contributed by atoms with Crippen molar-refractivity contribution in [2.24, 2.45) is 0 Å². The molecule has 0 atom stereocenters. The average molecular weight is 270 g/mol. The molecule has 0 saturated carbocycles. The molecule has 20 heavy (non-hydrogen) atoms. The molecule has 1 N–H and O–H groups in total. The predicted molar refractivity (Wildman–Crippen MR) is 80.4 cm³/mol. The lowest BCUT2D eigenvalue weighted by molar-refractivity contribution is 0.0601. The molecule has 1 heterocycles. The Morgan fingerprint density at radius 3 is 2.55 bits per heavy atom. The Balaban J connectivity index is 1.93. The van der Waals surface area contributed by atoms with Crippen molar-refractivity contribution in [3.8, 4) is 0 Å². The Labute approximate surface area is 118 Å². The third kappa shape index (κ3) is 2.47.